The van der Waals surface area contributed by atoms with E-state index in [0.717, 1.165) is 11.1 Å². The molecule has 166 valence electrons. The molecule has 0 fully saturated rings. The lowest BCUT2D eigenvalue weighted by Crippen LogP contribution is -2.19. The number of hydrogen-bond acceptors (Lipinski definition) is 5. The quantitative estimate of drug-likeness (QED) is 0.271. The maximum Gasteiger partial charge on any atom is 0.224 e. The topological polar surface area (TPSA) is 106 Å². The van der Waals surface area contributed by atoms with Crippen molar-refractivity contribution in [3.8, 4) is 11.1 Å². The number of Topliss-reactive ketones (excluding diaryl/α,β-unsaturated/α-hetero) is 1. The van der Waals surface area contributed by atoms with E-state index in [-0.39, 0.29) is 18.1 Å². The monoisotopic (exact) mass is 450 g/mol. The van der Waals surface area contributed by atoms with Gasteiger partial charge in [-0.3, -0.25) is 9.59 Å². The Morgan fingerprint density at radius 1 is 0.781 bits per heavy atom. The Morgan fingerprint density at radius 3 is 2.09 bits per heavy atom. The average molecular weight is 451 g/mol. The van der Waals surface area contributed by atoms with E-state index in [1.165, 1.54) is 0 Å². The lowest BCUT2D eigenvalue weighted by atomic mass is 10.0. The van der Waals surface area contributed by atoms with Gasteiger partial charge in [0, 0.05) is 12.0 Å². The number of anilines is 2. The normalized spacial score (nSPS) is 11.1. The SMILES string of the molecule is Nc1ccccc1NC(=O)CCCCS(=O)(=O)CC(=O)c1ccc(-c2ccccc2)cc1. The molecule has 0 saturated carbocycles. The number of nitrogens with two attached hydrogens (primary N) is 1. The van der Waals surface area contributed by atoms with Crippen LogP contribution in [0.15, 0.2) is 78.9 Å². The molecule has 32 heavy (non-hydrogen) atoms. The summed E-state index contributed by atoms with van der Waals surface area (Å²) in [4.78, 5) is 24.4. The number of nitrogens with one attached hydrogen (secondary N) is 1. The minimum Gasteiger partial charge on any atom is -0.397 e. The lowest BCUT2D eigenvalue weighted by molar-refractivity contribution is -0.116. The van der Waals surface area contributed by atoms with Gasteiger partial charge in [-0.15, -0.1) is 0 Å². The van der Waals surface area contributed by atoms with Gasteiger partial charge in [0.15, 0.2) is 15.6 Å². The third-order valence-corrected chi connectivity index (χ3v) is 6.62. The predicted molar refractivity (Wildman–Crippen MR) is 128 cm³/mol. The van der Waals surface area contributed by atoms with Crippen LogP contribution >= 0.6 is 0 Å². The Labute approximate surface area is 188 Å². The van der Waals surface area contributed by atoms with Crippen molar-refractivity contribution in [3.05, 3.63) is 84.4 Å². The van der Waals surface area contributed by atoms with Gasteiger partial charge in [-0.25, -0.2) is 8.42 Å². The van der Waals surface area contributed by atoms with Crippen LogP contribution in [0.4, 0.5) is 11.4 Å². The second kappa shape index (κ2) is 10.7. The summed E-state index contributed by atoms with van der Waals surface area (Å²) in [5, 5.41) is 2.71. The third-order valence-electron chi connectivity index (χ3n) is 5.01. The van der Waals surface area contributed by atoms with Crippen molar-refractivity contribution in [2.24, 2.45) is 0 Å². The maximum absolute atomic E-state index is 12.4. The van der Waals surface area contributed by atoms with E-state index < -0.39 is 21.4 Å². The molecule has 1 amide bonds. The second-order valence-corrected chi connectivity index (χ2v) is 9.74. The highest BCUT2D eigenvalue weighted by atomic mass is 32.2. The Morgan fingerprint density at radius 2 is 1.41 bits per heavy atom. The molecule has 3 rings (SSSR count). The van der Waals surface area contributed by atoms with Gasteiger partial charge in [-0.2, -0.15) is 0 Å². The van der Waals surface area contributed by atoms with Crippen molar-refractivity contribution >= 4 is 32.9 Å². The van der Waals surface area contributed by atoms with Crippen LogP contribution in [-0.4, -0.2) is 31.6 Å². The van der Waals surface area contributed by atoms with E-state index in [9.17, 15) is 18.0 Å². The summed E-state index contributed by atoms with van der Waals surface area (Å²) in [6.07, 6.45) is 0.886. The zero-order valence-electron chi connectivity index (χ0n) is 17.7. The van der Waals surface area contributed by atoms with Gasteiger partial charge in [0.1, 0.15) is 5.75 Å². The van der Waals surface area contributed by atoms with E-state index in [4.69, 9.17) is 5.73 Å². The van der Waals surface area contributed by atoms with Gasteiger partial charge < -0.3 is 11.1 Å². The average Bonchev–Trinajstić information content (AvgIpc) is 2.79. The van der Waals surface area contributed by atoms with Crippen LogP contribution in [0.25, 0.3) is 11.1 Å². The molecule has 0 atom stereocenters. The molecule has 0 aliphatic heterocycles. The van der Waals surface area contributed by atoms with E-state index in [1.54, 1.807) is 36.4 Å². The summed E-state index contributed by atoms with van der Waals surface area (Å²) in [5.41, 5.74) is 9.15. The fourth-order valence-corrected chi connectivity index (χ4v) is 4.62. The number of sulfone groups is 1. The van der Waals surface area contributed by atoms with E-state index >= 15 is 0 Å². The zero-order valence-corrected chi connectivity index (χ0v) is 18.5. The maximum atomic E-state index is 12.4. The molecule has 3 aromatic rings. The first kappa shape index (κ1) is 23.2. The summed E-state index contributed by atoms with van der Waals surface area (Å²) >= 11 is 0. The summed E-state index contributed by atoms with van der Waals surface area (Å²) in [6.45, 7) is 0. The van der Waals surface area contributed by atoms with E-state index in [2.05, 4.69) is 5.32 Å². The van der Waals surface area contributed by atoms with Gasteiger partial charge in [0.25, 0.3) is 0 Å². The molecular formula is C25H26N2O4S. The molecule has 0 heterocycles. The van der Waals surface area contributed by atoms with E-state index in [1.807, 2.05) is 42.5 Å². The van der Waals surface area contributed by atoms with Gasteiger partial charge in [-0.05, 0) is 36.1 Å². The molecule has 0 radical (unpaired) electrons. The van der Waals surface area contributed by atoms with Crippen LogP contribution in [0.1, 0.15) is 29.6 Å². The second-order valence-electron chi connectivity index (χ2n) is 7.55. The molecule has 0 saturated heterocycles. The first-order chi connectivity index (χ1) is 15.3. The number of benzene rings is 3. The molecule has 0 unspecified atom stereocenters. The molecule has 3 N–H and O–H groups in total. The summed E-state index contributed by atoms with van der Waals surface area (Å²) in [5.74, 6) is -1.33. The molecule has 0 aromatic heterocycles. The van der Waals surface area contributed by atoms with Crippen molar-refractivity contribution in [2.75, 3.05) is 22.6 Å². The number of hydrogen-bond donors (Lipinski definition) is 2. The zero-order chi connectivity index (χ0) is 23.0. The largest absolute Gasteiger partial charge is 0.397 e. The number of para-hydroxylation sites is 2. The van der Waals surface area contributed by atoms with Gasteiger partial charge in [-0.1, -0.05) is 66.7 Å². The first-order valence-electron chi connectivity index (χ1n) is 10.4. The minimum atomic E-state index is -3.56. The number of carbonyl (C=O) groups is 2. The highest BCUT2D eigenvalue weighted by molar-refractivity contribution is 7.92. The fourth-order valence-electron chi connectivity index (χ4n) is 3.27. The highest BCUT2D eigenvalue weighted by Crippen LogP contribution is 2.20. The number of unbranched alkanes of at least 4 members (excludes halogenated alkanes) is 1. The molecule has 0 bridgehead atoms. The number of ketones is 1. The molecule has 0 aliphatic rings. The van der Waals surface area contributed by atoms with Gasteiger partial charge in [0.05, 0.1) is 17.1 Å². The summed E-state index contributed by atoms with van der Waals surface area (Å²) in [6, 6.07) is 23.6. The van der Waals surface area contributed by atoms with Gasteiger partial charge >= 0.3 is 0 Å². The number of nitrogen functional groups attached to an aromatic ring is 1. The standard InChI is InChI=1S/C25H26N2O4S/c26-22-10-4-5-11-23(22)27-25(29)12-6-7-17-32(30,31)18-24(28)21-15-13-20(14-16-21)19-8-2-1-3-9-19/h1-5,8-11,13-16H,6-7,12,17-18,26H2,(H,27,29). The molecule has 3 aromatic carbocycles. The van der Waals surface area contributed by atoms with Crippen molar-refractivity contribution in [2.45, 2.75) is 19.3 Å². The summed E-state index contributed by atoms with van der Waals surface area (Å²) < 4.78 is 24.7. The Kier molecular flexibility index (Phi) is 7.78. The Hall–Kier alpha value is -3.45. The smallest absolute Gasteiger partial charge is 0.224 e. The van der Waals surface area contributed by atoms with Crippen LogP contribution < -0.4 is 11.1 Å². The van der Waals surface area contributed by atoms with E-state index in [0.29, 0.717) is 29.8 Å². The Bertz CT molecular complexity index is 1170. The Balaban J connectivity index is 1.45. The van der Waals surface area contributed by atoms with Crippen LogP contribution in [0, 0.1) is 0 Å². The molecule has 0 spiro atoms. The molecule has 0 aliphatic carbocycles. The minimum absolute atomic E-state index is 0.137. The van der Waals surface area contributed by atoms with Crippen molar-refractivity contribution in [3.63, 3.8) is 0 Å². The fraction of sp³-hybridized carbons (Fsp3) is 0.200. The van der Waals surface area contributed by atoms with Crippen LogP contribution in [0.2, 0.25) is 0 Å². The highest BCUT2D eigenvalue weighted by Gasteiger charge is 2.18. The van der Waals surface area contributed by atoms with Crippen LogP contribution in [-0.2, 0) is 14.6 Å². The number of rotatable bonds is 10. The predicted octanol–water partition coefficient (Wildman–Crippen LogP) is 4.34. The molecule has 7 heteroatoms. The third kappa shape index (κ3) is 6.78. The van der Waals surface area contributed by atoms with Crippen molar-refractivity contribution < 1.29 is 18.0 Å². The van der Waals surface area contributed by atoms with Crippen molar-refractivity contribution in [1.82, 2.24) is 0 Å². The van der Waals surface area contributed by atoms with Gasteiger partial charge in [0.2, 0.25) is 5.91 Å². The first-order valence-corrected chi connectivity index (χ1v) is 12.2. The number of carbonyl (C=O) groups excluding carboxylic acids is 2. The van der Waals surface area contributed by atoms with Crippen LogP contribution in [0.5, 0.6) is 0 Å². The van der Waals surface area contributed by atoms with Crippen molar-refractivity contribution in [1.29, 1.82) is 0 Å². The number of amides is 1. The summed E-state index contributed by atoms with van der Waals surface area (Å²) in [7, 11) is -3.56. The molecular weight excluding hydrogens is 424 g/mol. The lowest BCUT2D eigenvalue weighted by Gasteiger charge is -2.08. The van der Waals surface area contributed by atoms with Crippen LogP contribution in [0.3, 0.4) is 0 Å². The molecule has 6 nitrogen and oxygen atoms in total.